The maximum Gasteiger partial charge on any atom is 0.272 e. The normalized spacial score (nSPS) is 21.5. The number of halogens is 3. The molecular formula is C32H30BrF2N9O3. The Morgan fingerprint density at radius 1 is 1.06 bits per heavy atom. The van der Waals surface area contributed by atoms with E-state index in [9.17, 15) is 23.2 Å². The van der Waals surface area contributed by atoms with E-state index in [1.165, 1.54) is 16.5 Å². The summed E-state index contributed by atoms with van der Waals surface area (Å²) in [5, 5.41) is 7.87. The SMILES string of the molecule is CC(=O)c1nn(CC(=O)N2C3=C(C)[C@@]3(CN3CC(F)(F)C3)C[C@H]2C(=O)Nc2nc(Br)ccc2C)c2cnc(-c3cnc(C)nc3)cc12. The van der Waals surface area contributed by atoms with Gasteiger partial charge in [0.05, 0.1) is 30.5 Å². The molecule has 3 aliphatic rings. The molecule has 2 saturated heterocycles. The van der Waals surface area contributed by atoms with E-state index >= 15 is 0 Å². The maximum atomic E-state index is 14.2. The lowest BCUT2D eigenvalue weighted by atomic mass is 9.91. The highest BCUT2D eigenvalue weighted by Crippen LogP contribution is 2.64. The van der Waals surface area contributed by atoms with E-state index in [2.05, 4.69) is 46.3 Å². The zero-order valence-corrected chi connectivity index (χ0v) is 27.6. The van der Waals surface area contributed by atoms with Crippen LogP contribution >= 0.6 is 15.9 Å². The number of alkyl halides is 2. The molecule has 2 aliphatic heterocycles. The molecule has 4 aromatic heterocycles. The number of hydrogen-bond donors (Lipinski definition) is 1. The van der Waals surface area contributed by atoms with E-state index in [0.29, 0.717) is 50.6 Å². The molecular weight excluding hydrogens is 676 g/mol. The Hall–Kier alpha value is -4.50. The standard InChI is InChI=1S/C32H30BrF2N9O3/c1-16-5-6-25(33)39-29(16)40-30(47)23-8-31(13-42-14-32(34,35)15-42)17(2)28(31)44(23)26(46)12-43-24-11-38-22(20-9-36-19(4)37-10-20)7-21(24)27(41-43)18(3)45/h5-7,9-11,23H,8,12-15H2,1-4H3,(H,39,40,47)/t23-,31-/m0/s1. The molecule has 0 spiro atoms. The van der Waals surface area contributed by atoms with Crippen LogP contribution in [0.2, 0.25) is 0 Å². The Morgan fingerprint density at radius 3 is 2.47 bits per heavy atom. The van der Waals surface area contributed by atoms with Crippen LogP contribution in [-0.2, 0) is 16.1 Å². The molecule has 2 fully saturated rings. The van der Waals surface area contributed by atoms with E-state index in [-0.39, 0.29) is 37.5 Å². The number of anilines is 1. The molecule has 6 heterocycles. The fourth-order valence-electron chi connectivity index (χ4n) is 6.77. The molecule has 242 valence electrons. The van der Waals surface area contributed by atoms with Gasteiger partial charge in [-0.05, 0) is 66.4 Å². The number of fused-ring (bicyclic) bond motifs is 2. The van der Waals surface area contributed by atoms with Crippen molar-refractivity contribution in [1.29, 1.82) is 0 Å². The van der Waals surface area contributed by atoms with Crippen molar-refractivity contribution in [3.05, 3.63) is 69.7 Å². The predicted molar refractivity (Wildman–Crippen MR) is 170 cm³/mol. The van der Waals surface area contributed by atoms with E-state index in [4.69, 9.17) is 0 Å². The maximum absolute atomic E-state index is 14.2. The summed E-state index contributed by atoms with van der Waals surface area (Å²) in [7, 11) is 0. The highest BCUT2D eigenvalue weighted by molar-refractivity contribution is 9.10. The molecule has 0 radical (unpaired) electrons. The van der Waals surface area contributed by atoms with Crippen molar-refractivity contribution in [2.75, 3.05) is 25.0 Å². The third-order valence-electron chi connectivity index (χ3n) is 9.17. The number of carbonyl (C=O) groups excluding carboxylic acids is 3. The number of nitrogens with zero attached hydrogens (tertiary/aromatic N) is 8. The number of aromatic nitrogens is 6. The van der Waals surface area contributed by atoms with Crippen molar-refractivity contribution in [2.24, 2.45) is 5.41 Å². The van der Waals surface area contributed by atoms with Crippen LogP contribution in [-0.4, -0.2) is 88.7 Å². The minimum absolute atomic E-state index is 0.172. The predicted octanol–water partition coefficient (Wildman–Crippen LogP) is 4.33. The average molecular weight is 707 g/mol. The number of likely N-dealkylation sites (tertiary alicyclic amines) is 2. The molecule has 0 bridgehead atoms. The number of ketones is 1. The first-order valence-electron chi connectivity index (χ1n) is 15.0. The third kappa shape index (κ3) is 5.40. The van der Waals surface area contributed by atoms with Crippen LogP contribution in [0.15, 0.2) is 52.7 Å². The van der Waals surface area contributed by atoms with Crippen molar-refractivity contribution in [3.63, 3.8) is 0 Å². The second-order valence-electron chi connectivity index (χ2n) is 12.5. The van der Waals surface area contributed by atoms with Gasteiger partial charge < -0.3 is 10.2 Å². The highest BCUT2D eigenvalue weighted by Gasteiger charge is 2.65. The molecule has 1 aliphatic carbocycles. The van der Waals surface area contributed by atoms with Gasteiger partial charge in [-0.2, -0.15) is 5.10 Å². The van der Waals surface area contributed by atoms with Gasteiger partial charge >= 0.3 is 0 Å². The van der Waals surface area contributed by atoms with Crippen molar-refractivity contribution < 1.29 is 23.2 Å². The summed E-state index contributed by atoms with van der Waals surface area (Å²) in [6.45, 7) is 6.13. The molecule has 12 nitrogen and oxygen atoms in total. The number of pyridine rings is 2. The molecule has 1 N–H and O–H groups in total. The molecule has 15 heteroatoms. The first kappa shape index (κ1) is 31.1. The van der Waals surface area contributed by atoms with Gasteiger partial charge in [0.2, 0.25) is 11.8 Å². The van der Waals surface area contributed by atoms with Gasteiger partial charge in [0.15, 0.2) is 5.78 Å². The van der Waals surface area contributed by atoms with Crippen molar-refractivity contribution in [1.82, 2.24) is 39.5 Å². The molecule has 0 aromatic carbocycles. The largest absolute Gasteiger partial charge is 0.309 e. The first-order chi connectivity index (χ1) is 22.3. The number of amides is 2. The number of aryl methyl sites for hydroxylation is 2. The Labute approximate surface area is 276 Å². The smallest absolute Gasteiger partial charge is 0.272 e. The lowest BCUT2D eigenvalue weighted by Gasteiger charge is -2.40. The Kier molecular flexibility index (Phi) is 7.31. The molecule has 7 rings (SSSR count). The van der Waals surface area contributed by atoms with Gasteiger partial charge in [0, 0.05) is 47.9 Å². The average Bonchev–Trinajstić information content (AvgIpc) is 3.28. The summed E-state index contributed by atoms with van der Waals surface area (Å²) in [4.78, 5) is 61.2. The summed E-state index contributed by atoms with van der Waals surface area (Å²) in [5.74, 6) is -2.94. The lowest BCUT2D eigenvalue weighted by Crippen LogP contribution is -2.57. The summed E-state index contributed by atoms with van der Waals surface area (Å²) in [6, 6.07) is 4.37. The number of Topliss-reactive ketones (excluding diaryl/α,β-unsaturated/α-hetero) is 1. The minimum Gasteiger partial charge on any atom is -0.309 e. The van der Waals surface area contributed by atoms with Gasteiger partial charge in [-0.15, -0.1) is 0 Å². The quantitative estimate of drug-likeness (QED) is 0.210. The topological polar surface area (TPSA) is 139 Å². The van der Waals surface area contributed by atoms with Crippen LogP contribution in [0.25, 0.3) is 22.2 Å². The van der Waals surface area contributed by atoms with Crippen molar-refractivity contribution in [3.8, 4) is 11.3 Å². The second kappa shape index (κ2) is 11.0. The van der Waals surface area contributed by atoms with Crippen LogP contribution in [0.5, 0.6) is 0 Å². The monoisotopic (exact) mass is 705 g/mol. The van der Waals surface area contributed by atoms with Crippen molar-refractivity contribution in [2.45, 2.75) is 52.6 Å². The Morgan fingerprint density at radius 2 is 1.79 bits per heavy atom. The molecule has 4 aromatic rings. The summed E-state index contributed by atoms with van der Waals surface area (Å²) < 4.78 is 29.4. The Bertz CT molecular complexity index is 2020. The fourth-order valence-corrected chi connectivity index (χ4v) is 7.08. The molecule has 0 unspecified atom stereocenters. The summed E-state index contributed by atoms with van der Waals surface area (Å²) >= 11 is 3.33. The lowest BCUT2D eigenvalue weighted by molar-refractivity contribution is -0.135. The van der Waals surface area contributed by atoms with Gasteiger partial charge in [-0.3, -0.25) is 28.9 Å². The van der Waals surface area contributed by atoms with Crippen LogP contribution in [0.4, 0.5) is 14.6 Å². The number of rotatable bonds is 8. The van der Waals surface area contributed by atoms with Gasteiger partial charge in [-0.1, -0.05) is 6.07 Å². The Balaban J connectivity index is 1.21. The third-order valence-corrected chi connectivity index (χ3v) is 9.61. The van der Waals surface area contributed by atoms with Crippen molar-refractivity contribution >= 4 is 50.2 Å². The highest BCUT2D eigenvalue weighted by atomic mass is 79.9. The number of nitrogens with one attached hydrogen (secondary N) is 1. The zero-order chi connectivity index (χ0) is 33.4. The molecule has 2 atom stereocenters. The fraction of sp³-hybridized carbons (Fsp3) is 0.375. The van der Waals surface area contributed by atoms with Gasteiger partial charge in [0.1, 0.15) is 34.5 Å². The summed E-state index contributed by atoms with van der Waals surface area (Å²) in [6.07, 6.45) is 5.08. The minimum atomic E-state index is -2.75. The zero-order valence-electron chi connectivity index (χ0n) is 26.0. The first-order valence-corrected chi connectivity index (χ1v) is 15.8. The molecule has 47 heavy (non-hydrogen) atoms. The molecule has 0 saturated carbocycles. The van der Waals surface area contributed by atoms with E-state index < -0.39 is 29.2 Å². The number of carbonyl (C=O) groups is 3. The van der Waals surface area contributed by atoms with Crippen LogP contribution < -0.4 is 5.32 Å². The summed E-state index contributed by atoms with van der Waals surface area (Å²) in [5.41, 5.74) is 3.46. The number of hydrogen-bond acceptors (Lipinski definition) is 9. The van der Waals surface area contributed by atoms with E-state index in [0.717, 1.165) is 11.1 Å². The van der Waals surface area contributed by atoms with Crippen LogP contribution in [0.3, 0.4) is 0 Å². The van der Waals surface area contributed by atoms with Gasteiger partial charge in [-0.25, -0.2) is 23.7 Å². The van der Waals surface area contributed by atoms with Crippen LogP contribution in [0.1, 0.15) is 42.1 Å². The second-order valence-corrected chi connectivity index (χ2v) is 13.3. The van der Waals surface area contributed by atoms with Gasteiger partial charge in [0.25, 0.3) is 5.92 Å². The molecule has 2 amide bonds. The van der Waals surface area contributed by atoms with E-state index in [1.807, 2.05) is 13.8 Å². The van der Waals surface area contributed by atoms with Crippen LogP contribution in [0, 0.1) is 19.3 Å². The van der Waals surface area contributed by atoms with E-state index in [1.54, 1.807) is 48.6 Å².